The van der Waals surface area contributed by atoms with E-state index in [1.807, 2.05) is 7.05 Å². The summed E-state index contributed by atoms with van der Waals surface area (Å²) in [4.78, 5) is 11.3. The molecule has 0 heterocycles. The van der Waals surface area contributed by atoms with Crippen molar-refractivity contribution in [3.63, 3.8) is 0 Å². The van der Waals surface area contributed by atoms with Gasteiger partial charge in [0.2, 0.25) is 5.91 Å². The van der Waals surface area contributed by atoms with Crippen LogP contribution >= 0.6 is 0 Å². The van der Waals surface area contributed by atoms with Gasteiger partial charge in [-0.05, 0) is 50.0 Å². The number of nitrogens with one attached hydrogen (secondary N) is 1. The third-order valence-electron chi connectivity index (χ3n) is 4.09. The summed E-state index contributed by atoms with van der Waals surface area (Å²) in [6.45, 7) is 6.92. The first-order chi connectivity index (χ1) is 7.36. The summed E-state index contributed by atoms with van der Waals surface area (Å²) in [5.41, 5.74) is 5.79. The first-order valence-corrected chi connectivity index (χ1v) is 6.33. The molecule has 0 spiro atoms. The van der Waals surface area contributed by atoms with E-state index in [2.05, 4.69) is 26.1 Å². The largest absolute Gasteiger partial charge is 0.368 e. The first-order valence-electron chi connectivity index (χ1n) is 6.33. The lowest BCUT2D eigenvalue weighted by molar-refractivity contribution is -0.121. The van der Waals surface area contributed by atoms with Crippen LogP contribution in [0.15, 0.2) is 0 Å². The minimum atomic E-state index is -0.207. The fraction of sp³-hybridized carbons (Fsp3) is 0.923. The smallest absolute Gasteiger partial charge is 0.234 e. The Morgan fingerprint density at radius 1 is 1.25 bits per heavy atom. The number of primary amides is 1. The fourth-order valence-corrected chi connectivity index (χ4v) is 2.93. The molecule has 3 N–H and O–H groups in total. The summed E-state index contributed by atoms with van der Waals surface area (Å²) in [6, 6.07) is -0.138. The van der Waals surface area contributed by atoms with Crippen LogP contribution in [0.1, 0.15) is 46.5 Å². The Morgan fingerprint density at radius 3 is 2.06 bits per heavy atom. The van der Waals surface area contributed by atoms with E-state index < -0.39 is 0 Å². The predicted octanol–water partition coefficient (Wildman–Crippen LogP) is 1.91. The van der Waals surface area contributed by atoms with Gasteiger partial charge in [0.25, 0.3) is 0 Å². The van der Waals surface area contributed by atoms with Crippen molar-refractivity contribution in [3.05, 3.63) is 0 Å². The lowest BCUT2D eigenvalue weighted by atomic mass is 9.68. The Balaban J connectivity index is 2.51. The minimum Gasteiger partial charge on any atom is -0.368 e. The Hall–Kier alpha value is -0.570. The highest BCUT2D eigenvalue weighted by atomic mass is 16.1. The van der Waals surface area contributed by atoms with E-state index in [1.54, 1.807) is 0 Å². The second-order valence-corrected chi connectivity index (χ2v) is 6.15. The van der Waals surface area contributed by atoms with Crippen molar-refractivity contribution >= 4 is 5.91 Å². The second kappa shape index (κ2) is 5.17. The zero-order chi connectivity index (χ0) is 12.3. The number of rotatable bonds is 3. The van der Waals surface area contributed by atoms with Crippen molar-refractivity contribution in [2.45, 2.75) is 52.5 Å². The van der Waals surface area contributed by atoms with Crippen molar-refractivity contribution in [2.24, 2.45) is 23.0 Å². The second-order valence-electron chi connectivity index (χ2n) is 6.15. The van der Waals surface area contributed by atoms with Gasteiger partial charge in [0.15, 0.2) is 0 Å². The number of carbonyl (C=O) groups excluding carboxylic acids is 1. The van der Waals surface area contributed by atoms with Gasteiger partial charge in [0.05, 0.1) is 6.04 Å². The van der Waals surface area contributed by atoms with E-state index in [0.29, 0.717) is 11.3 Å². The number of likely N-dealkylation sites (N-methyl/N-ethyl adjacent to an activating group) is 1. The molecule has 16 heavy (non-hydrogen) atoms. The van der Waals surface area contributed by atoms with Crippen molar-refractivity contribution in [3.8, 4) is 0 Å². The Kier molecular flexibility index (Phi) is 4.36. The van der Waals surface area contributed by atoms with Crippen LogP contribution in [0.2, 0.25) is 0 Å². The number of carbonyl (C=O) groups is 1. The maximum absolute atomic E-state index is 11.3. The summed E-state index contributed by atoms with van der Waals surface area (Å²) in [6.07, 6.45) is 4.69. The highest BCUT2D eigenvalue weighted by Crippen LogP contribution is 2.40. The summed E-state index contributed by atoms with van der Waals surface area (Å²) >= 11 is 0. The lowest BCUT2D eigenvalue weighted by Crippen LogP contribution is -2.46. The normalized spacial score (nSPS) is 28.8. The van der Waals surface area contributed by atoms with Crippen molar-refractivity contribution < 1.29 is 4.79 Å². The van der Waals surface area contributed by atoms with Crippen LogP contribution in [0.4, 0.5) is 0 Å². The standard InChI is InChI=1S/C13H26N2O/c1-13(2,3)10-7-5-9(6-8-10)11(15-4)12(14)16/h9-11,15H,5-8H2,1-4H3,(H2,14,16). The minimum absolute atomic E-state index is 0.138. The molecular formula is C13H26N2O. The van der Waals surface area contributed by atoms with Crippen LogP contribution in [0.5, 0.6) is 0 Å². The third kappa shape index (κ3) is 3.21. The predicted molar refractivity (Wildman–Crippen MR) is 66.9 cm³/mol. The van der Waals surface area contributed by atoms with Crippen LogP contribution in [0.25, 0.3) is 0 Å². The molecule has 0 aromatic carbocycles. The molecule has 3 heteroatoms. The number of hydrogen-bond donors (Lipinski definition) is 2. The molecule has 1 amide bonds. The SMILES string of the molecule is CNC(C(N)=O)C1CCC(C(C)(C)C)CC1. The molecule has 0 aromatic rings. The third-order valence-corrected chi connectivity index (χ3v) is 4.09. The molecule has 1 saturated carbocycles. The van der Waals surface area contributed by atoms with Crippen LogP contribution in [0.3, 0.4) is 0 Å². The van der Waals surface area contributed by atoms with Gasteiger partial charge in [-0.1, -0.05) is 20.8 Å². The number of nitrogens with two attached hydrogens (primary N) is 1. The highest BCUT2D eigenvalue weighted by Gasteiger charge is 2.33. The Morgan fingerprint density at radius 2 is 1.75 bits per heavy atom. The van der Waals surface area contributed by atoms with Gasteiger partial charge in [-0.15, -0.1) is 0 Å². The van der Waals surface area contributed by atoms with Gasteiger partial charge in [0.1, 0.15) is 0 Å². The lowest BCUT2D eigenvalue weighted by Gasteiger charge is -2.38. The van der Waals surface area contributed by atoms with E-state index in [-0.39, 0.29) is 11.9 Å². The van der Waals surface area contributed by atoms with Gasteiger partial charge in [0, 0.05) is 0 Å². The molecule has 0 aromatic heterocycles. The summed E-state index contributed by atoms with van der Waals surface area (Å²) < 4.78 is 0. The molecule has 1 aliphatic rings. The number of amides is 1. The average molecular weight is 226 g/mol. The molecule has 0 saturated heterocycles. The van der Waals surface area contributed by atoms with Crippen LogP contribution in [0, 0.1) is 17.3 Å². The van der Waals surface area contributed by atoms with E-state index in [9.17, 15) is 4.79 Å². The average Bonchev–Trinajstić information content (AvgIpc) is 2.17. The Bertz CT molecular complexity index is 237. The zero-order valence-electron chi connectivity index (χ0n) is 11.0. The number of hydrogen-bond acceptors (Lipinski definition) is 2. The van der Waals surface area contributed by atoms with Gasteiger partial charge in [-0.2, -0.15) is 0 Å². The molecule has 0 bridgehead atoms. The summed E-state index contributed by atoms with van der Waals surface area (Å²) in [7, 11) is 1.82. The summed E-state index contributed by atoms with van der Waals surface area (Å²) in [5, 5.41) is 3.05. The molecule has 0 radical (unpaired) electrons. The van der Waals surface area contributed by atoms with Gasteiger partial charge >= 0.3 is 0 Å². The maximum atomic E-state index is 11.3. The quantitative estimate of drug-likeness (QED) is 0.772. The van der Waals surface area contributed by atoms with Crippen molar-refractivity contribution in [1.82, 2.24) is 5.32 Å². The monoisotopic (exact) mass is 226 g/mol. The molecular weight excluding hydrogens is 200 g/mol. The maximum Gasteiger partial charge on any atom is 0.234 e. The van der Waals surface area contributed by atoms with Gasteiger partial charge in [-0.25, -0.2) is 0 Å². The molecule has 1 unspecified atom stereocenters. The summed E-state index contributed by atoms with van der Waals surface area (Å²) in [5.74, 6) is 1.01. The molecule has 0 aliphatic heterocycles. The van der Waals surface area contributed by atoms with E-state index in [0.717, 1.165) is 18.8 Å². The fourth-order valence-electron chi connectivity index (χ4n) is 2.93. The molecule has 1 atom stereocenters. The molecule has 1 aliphatic carbocycles. The van der Waals surface area contributed by atoms with Crippen LogP contribution in [-0.4, -0.2) is 19.0 Å². The van der Waals surface area contributed by atoms with Crippen molar-refractivity contribution in [2.75, 3.05) is 7.05 Å². The van der Waals surface area contributed by atoms with Crippen LogP contribution in [-0.2, 0) is 4.79 Å². The van der Waals surface area contributed by atoms with Gasteiger partial charge < -0.3 is 11.1 Å². The van der Waals surface area contributed by atoms with E-state index in [1.165, 1.54) is 12.8 Å². The molecule has 94 valence electrons. The van der Waals surface area contributed by atoms with Crippen molar-refractivity contribution in [1.29, 1.82) is 0 Å². The van der Waals surface area contributed by atoms with Gasteiger partial charge in [-0.3, -0.25) is 4.79 Å². The molecule has 1 rings (SSSR count). The van der Waals surface area contributed by atoms with E-state index >= 15 is 0 Å². The van der Waals surface area contributed by atoms with E-state index in [4.69, 9.17) is 5.73 Å². The topological polar surface area (TPSA) is 55.1 Å². The molecule has 3 nitrogen and oxygen atoms in total. The highest BCUT2D eigenvalue weighted by molar-refractivity contribution is 5.80. The first kappa shape index (κ1) is 13.5. The molecule has 1 fully saturated rings. The van der Waals surface area contributed by atoms with Crippen LogP contribution < -0.4 is 11.1 Å². The Labute approximate surface area is 99.2 Å². The zero-order valence-corrected chi connectivity index (χ0v) is 11.0.